The number of rotatable bonds is 7. The summed E-state index contributed by atoms with van der Waals surface area (Å²) in [6.45, 7) is 12.2. The van der Waals surface area contributed by atoms with E-state index in [1.165, 1.54) is 4.90 Å². The molecule has 116 valence electrons. The Hall–Kier alpha value is -0.980. The lowest BCUT2D eigenvalue weighted by Gasteiger charge is -2.23. The van der Waals surface area contributed by atoms with Crippen molar-refractivity contribution in [3.63, 3.8) is 0 Å². The summed E-state index contributed by atoms with van der Waals surface area (Å²) < 4.78 is 2.65. The molecular formula is C15H25N4S2+. The van der Waals surface area contributed by atoms with Crippen LogP contribution in [-0.4, -0.2) is 27.9 Å². The van der Waals surface area contributed by atoms with E-state index in [4.69, 9.17) is 12.2 Å². The van der Waals surface area contributed by atoms with E-state index in [0.29, 0.717) is 16.6 Å². The molecule has 0 radical (unpaired) electrons. The predicted molar refractivity (Wildman–Crippen MR) is 91.1 cm³/mol. The zero-order valence-corrected chi connectivity index (χ0v) is 14.9. The van der Waals surface area contributed by atoms with Gasteiger partial charge in [0.2, 0.25) is 4.77 Å². The minimum absolute atomic E-state index is 0.642. The number of aromatic amines is 1. The standard InChI is InChI=1S/C15H24N4S2/c1-11(2)8-18(9-12(3)4)10-19-15(20)16-14(17-19)13-6-5-7-21-13/h5-7,11-12H,8-10H2,1-4H3,(H,16,17,20)/p+1. The Morgan fingerprint density at radius 3 is 2.48 bits per heavy atom. The first-order valence-electron chi connectivity index (χ1n) is 7.50. The van der Waals surface area contributed by atoms with Gasteiger partial charge in [-0.3, -0.25) is 5.10 Å². The maximum atomic E-state index is 5.40. The molecule has 0 aliphatic rings. The third-order valence-electron chi connectivity index (χ3n) is 3.21. The lowest BCUT2D eigenvalue weighted by atomic mass is 10.1. The van der Waals surface area contributed by atoms with Crippen molar-refractivity contribution in [3.05, 3.63) is 22.3 Å². The normalized spacial score (nSPS) is 12.0. The summed E-state index contributed by atoms with van der Waals surface area (Å²) in [6, 6.07) is 4.10. The van der Waals surface area contributed by atoms with Gasteiger partial charge >= 0.3 is 0 Å². The number of aromatic nitrogens is 3. The Kier molecular flexibility index (Phi) is 5.72. The van der Waals surface area contributed by atoms with Crippen LogP contribution in [0.2, 0.25) is 0 Å². The van der Waals surface area contributed by atoms with Gasteiger partial charge < -0.3 is 4.90 Å². The van der Waals surface area contributed by atoms with Crippen LogP contribution in [0.3, 0.4) is 0 Å². The van der Waals surface area contributed by atoms with E-state index in [1.54, 1.807) is 11.3 Å². The highest BCUT2D eigenvalue weighted by molar-refractivity contribution is 7.71. The summed E-state index contributed by atoms with van der Waals surface area (Å²) in [5.41, 5.74) is 0. The molecule has 21 heavy (non-hydrogen) atoms. The predicted octanol–water partition coefficient (Wildman–Crippen LogP) is 2.82. The van der Waals surface area contributed by atoms with E-state index in [-0.39, 0.29) is 0 Å². The van der Waals surface area contributed by atoms with Crippen molar-refractivity contribution in [1.29, 1.82) is 0 Å². The molecule has 2 aromatic rings. The summed E-state index contributed by atoms with van der Waals surface area (Å²) in [7, 11) is 0. The second kappa shape index (κ2) is 7.33. The molecule has 2 N–H and O–H groups in total. The first-order valence-corrected chi connectivity index (χ1v) is 8.78. The third-order valence-corrected chi connectivity index (χ3v) is 4.40. The topological polar surface area (TPSA) is 38.0 Å². The van der Waals surface area contributed by atoms with E-state index < -0.39 is 0 Å². The van der Waals surface area contributed by atoms with Gasteiger partial charge in [-0.25, -0.2) is 4.68 Å². The Bertz CT molecular complexity index is 585. The summed E-state index contributed by atoms with van der Waals surface area (Å²) in [6.07, 6.45) is 0. The van der Waals surface area contributed by atoms with Crippen molar-refractivity contribution in [2.75, 3.05) is 13.1 Å². The Morgan fingerprint density at radius 2 is 1.95 bits per heavy atom. The monoisotopic (exact) mass is 325 g/mol. The Balaban J connectivity index is 2.15. The maximum absolute atomic E-state index is 5.40. The summed E-state index contributed by atoms with van der Waals surface area (Å²) >= 11 is 7.08. The van der Waals surface area contributed by atoms with Crippen LogP contribution in [0.4, 0.5) is 0 Å². The molecular weight excluding hydrogens is 300 g/mol. The van der Waals surface area contributed by atoms with Crippen molar-refractivity contribution in [3.8, 4) is 10.7 Å². The zero-order chi connectivity index (χ0) is 15.4. The molecule has 0 spiro atoms. The van der Waals surface area contributed by atoms with E-state index >= 15 is 0 Å². The fraction of sp³-hybridized carbons (Fsp3) is 0.600. The smallest absolute Gasteiger partial charge is 0.221 e. The van der Waals surface area contributed by atoms with E-state index in [2.05, 4.69) is 49.2 Å². The number of quaternary nitrogens is 1. The second-order valence-corrected chi connectivity index (χ2v) is 7.68. The lowest BCUT2D eigenvalue weighted by Crippen LogP contribution is -3.12. The molecule has 0 fully saturated rings. The van der Waals surface area contributed by atoms with Crippen molar-refractivity contribution >= 4 is 23.6 Å². The van der Waals surface area contributed by atoms with Gasteiger partial charge in [0.05, 0.1) is 18.0 Å². The molecule has 0 unspecified atom stereocenters. The highest BCUT2D eigenvalue weighted by Crippen LogP contribution is 2.20. The van der Waals surface area contributed by atoms with Gasteiger partial charge in [0.1, 0.15) is 0 Å². The summed E-state index contributed by atoms with van der Waals surface area (Å²) in [5, 5.41) is 5.41. The zero-order valence-electron chi connectivity index (χ0n) is 13.2. The quantitative estimate of drug-likeness (QED) is 0.768. The molecule has 0 atom stereocenters. The van der Waals surface area contributed by atoms with Gasteiger partial charge in [-0.15, -0.1) is 11.3 Å². The SMILES string of the molecule is CC(C)C[NH+](CC(C)C)Cn1[nH]c(-c2cccs2)nc1=S. The molecule has 0 amide bonds. The van der Waals surface area contributed by atoms with Gasteiger partial charge in [-0.05, 0) is 23.7 Å². The summed E-state index contributed by atoms with van der Waals surface area (Å²) in [5.74, 6) is 2.23. The maximum Gasteiger partial charge on any atom is 0.221 e. The van der Waals surface area contributed by atoms with Crippen LogP contribution in [0.5, 0.6) is 0 Å². The average Bonchev–Trinajstić information content (AvgIpc) is 2.98. The molecule has 0 saturated heterocycles. The molecule has 6 heteroatoms. The van der Waals surface area contributed by atoms with Gasteiger partial charge in [-0.1, -0.05) is 33.8 Å². The molecule has 2 rings (SSSR count). The van der Waals surface area contributed by atoms with E-state index in [0.717, 1.165) is 30.5 Å². The summed E-state index contributed by atoms with van der Waals surface area (Å²) in [4.78, 5) is 7.16. The molecule has 2 aromatic heterocycles. The number of nitrogens with zero attached hydrogens (tertiary/aromatic N) is 2. The van der Waals surface area contributed by atoms with Crippen molar-refractivity contribution in [2.24, 2.45) is 11.8 Å². The fourth-order valence-electron chi connectivity index (χ4n) is 2.58. The van der Waals surface area contributed by atoms with Crippen LogP contribution in [-0.2, 0) is 6.67 Å². The Morgan fingerprint density at radius 1 is 1.29 bits per heavy atom. The van der Waals surface area contributed by atoms with Crippen LogP contribution >= 0.6 is 23.6 Å². The minimum atomic E-state index is 0.642. The van der Waals surface area contributed by atoms with Crippen LogP contribution in [0, 0.1) is 16.6 Å². The molecule has 0 saturated carbocycles. The van der Waals surface area contributed by atoms with Crippen molar-refractivity contribution in [1.82, 2.24) is 14.8 Å². The highest BCUT2D eigenvalue weighted by Gasteiger charge is 2.15. The number of nitrogens with one attached hydrogen (secondary N) is 2. The molecule has 4 nitrogen and oxygen atoms in total. The van der Waals surface area contributed by atoms with E-state index in [1.807, 2.05) is 10.7 Å². The van der Waals surface area contributed by atoms with Gasteiger partial charge in [0.25, 0.3) is 0 Å². The van der Waals surface area contributed by atoms with Crippen LogP contribution in [0.15, 0.2) is 17.5 Å². The molecule has 2 heterocycles. The number of hydrogen-bond acceptors (Lipinski definition) is 3. The fourth-order valence-corrected chi connectivity index (χ4v) is 3.44. The first kappa shape index (κ1) is 16.4. The van der Waals surface area contributed by atoms with Gasteiger partial charge in [0.15, 0.2) is 12.5 Å². The lowest BCUT2D eigenvalue weighted by molar-refractivity contribution is -0.929. The van der Waals surface area contributed by atoms with Crippen LogP contribution < -0.4 is 4.90 Å². The molecule has 0 aromatic carbocycles. The number of thiophene rings is 1. The van der Waals surface area contributed by atoms with Crippen molar-refractivity contribution in [2.45, 2.75) is 34.4 Å². The van der Waals surface area contributed by atoms with Gasteiger partial charge in [-0.2, -0.15) is 4.98 Å². The van der Waals surface area contributed by atoms with Crippen molar-refractivity contribution < 1.29 is 4.90 Å². The minimum Gasteiger partial charge on any atom is -0.316 e. The molecule has 0 aliphatic heterocycles. The second-order valence-electron chi connectivity index (χ2n) is 6.36. The van der Waals surface area contributed by atoms with Crippen LogP contribution in [0.25, 0.3) is 10.7 Å². The highest BCUT2D eigenvalue weighted by atomic mass is 32.1. The van der Waals surface area contributed by atoms with Crippen LogP contribution in [0.1, 0.15) is 27.7 Å². The van der Waals surface area contributed by atoms with Gasteiger partial charge in [0, 0.05) is 11.8 Å². The van der Waals surface area contributed by atoms with E-state index in [9.17, 15) is 0 Å². The average molecular weight is 326 g/mol. The molecule has 0 aliphatic carbocycles. The number of hydrogen-bond donors (Lipinski definition) is 2. The largest absolute Gasteiger partial charge is 0.316 e. The molecule has 0 bridgehead atoms. The first-order chi connectivity index (χ1) is 9.95. The Labute approximate surface area is 135 Å². The third kappa shape index (κ3) is 4.76. The number of H-pyrrole nitrogens is 1.